The number of carbonyl (C=O) groups excluding carboxylic acids is 1. The molecule has 0 unspecified atom stereocenters. The molecule has 2 aliphatic heterocycles. The van der Waals surface area contributed by atoms with Crippen LogP contribution in [0.2, 0.25) is 0 Å². The van der Waals surface area contributed by atoms with Crippen LogP contribution >= 0.6 is 0 Å². The van der Waals surface area contributed by atoms with Crippen molar-refractivity contribution in [2.75, 3.05) is 26.4 Å². The number of rotatable bonds is 2. The van der Waals surface area contributed by atoms with Gasteiger partial charge >= 0.3 is 0 Å². The van der Waals surface area contributed by atoms with Gasteiger partial charge in [-0.15, -0.1) is 0 Å². The fourth-order valence-electron chi connectivity index (χ4n) is 2.45. The molecular weight excluding hydrogens is 312 g/mol. The fraction of sp³-hybridized carbons (Fsp3) is 0.278. The summed E-state index contributed by atoms with van der Waals surface area (Å²) in [6.07, 6.45) is 0.771. The molecule has 0 bridgehead atoms. The van der Waals surface area contributed by atoms with Crippen LogP contribution in [0.15, 0.2) is 36.4 Å². The third kappa shape index (κ3) is 3.44. The molecule has 0 radical (unpaired) electrons. The predicted molar refractivity (Wildman–Crippen MR) is 86.2 cm³/mol. The average molecular weight is 330 g/mol. The Bertz CT molecular complexity index is 698. The van der Waals surface area contributed by atoms with Crippen LogP contribution in [0.4, 0.5) is 0 Å². The quantitative estimate of drug-likeness (QED) is 0.851. The molecule has 24 heavy (non-hydrogen) atoms. The van der Waals surface area contributed by atoms with E-state index in [1.807, 2.05) is 18.2 Å². The minimum Gasteiger partial charge on any atom is -0.486 e. The largest absolute Gasteiger partial charge is 0.486 e. The smallest absolute Gasteiger partial charge is 0.171 e. The van der Waals surface area contributed by atoms with Gasteiger partial charge in [0.1, 0.15) is 26.4 Å². The normalized spacial score (nSPS) is 14.2. The summed E-state index contributed by atoms with van der Waals surface area (Å²) in [6, 6.07) is 10.8. The van der Waals surface area contributed by atoms with Gasteiger partial charge in [0, 0.05) is 5.56 Å². The molecule has 0 saturated carbocycles. The second-order valence-electron chi connectivity index (χ2n) is 5.09. The Morgan fingerprint density at radius 3 is 2.08 bits per heavy atom. The second-order valence-corrected chi connectivity index (χ2v) is 5.09. The van der Waals surface area contributed by atoms with Crippen LogP contribution < -0.4 is 18.9 Å². The minimum absolute atomic E-state index is 0.00741. The summed E-state index contributed by atoms with van der Waals surface area (Å²) < 4.78 is 21.3. The molecular formula is C18H18O6. The van der Waals surface area contributed by atoms with Crippen molar-refractivity contribution in [1.29, 1.82) is 0 Å². The summed E-state index contributed by atoms with van der Waals surface area (Å²) >= 11 is 0. The van der Waals surface area contributed by atoms with Gasteiger partial charge in [-0.25, -0.2) is 0 Å². The first kappa shape index (κ1) is 16.1. The lowest BCUT2D eigenvalue weighted by molar-refractivity contribution is 0.111. The van der Waals surface area contributed by atoms with Gasteiger partial charge in [0.05, 0.1) is 12.2 Å². The van der Waals surface area contributed by atoms with E-state index in [0.717, 1.165) is 17.6 Å². The van der Waals surface area contributed by atoms with Crippen LogP contribution in [0.1, 0.15) is 15.9 Å². The summed E-state index contributed by atoms with van der Waals surface area (Å²) in [5.41, 5.74) is 1.33. The van der Waals surface area contributed by atoms with Gasteiger partial charge in [-0.1, -0.05) is 18.2 Å². The number of benzene rings is 2. The molecule has 0 fully saturated rings. The van der Waals surface area contributed by atoms with Gasteiger partial charge in [0.25, 0.3) is 0 Å². The number of hydrogen-bond donors (Lipinski definition) is 1. The van der Waals surface area contributed by atoms with Crippen LogP contribution in [-0.2, 0) is 6.61 Å². The topological polar surface area (TPSA) is 74.2 Å². The summed E-state index contributed by atoms with van der Waals surface area (Å²) in [5, 5.41) is 8.96. The molecule has 2 aliphatic rings. The SMILES string of the molecule is O=Cc1cccc2c1OCCO2.OCc1cccc2c1OCCO2. The van der Waals surface area contributed by atoms with Crippen LogP contribution in [0.5, 0.6) is 23.0 Å². The first-order valence-electron chi connectivity index (χ1n) is 7.65. The third-order valence-corrected chi connectivity index (χ3v) is 3.54. The van der Waals surface area contributed by atoms with Crippen molar-refractivity contribution in [2.45, 2.75) is 6.61 Å². The Kier molecular flexibility index (Phi) is 5.18. The highest BCUT2D eigenvalue weighted by molar-refractivity contribution is 5.81. The van der Waals surface area contributed by atoms with Gasteiger partial charge in [-0.2, -0.15) is 0 Å². The molecule has 1 N–H and O–H groups in total. The molecule has 0 saturated heterocycles. The number of aliphatic hydroxyl groups is 1. The minimum atomic E-state index is -0.00741. The van der Waals surface area contributed by atoms with E-state index < -0.39 is 0 Å². The number of fused-ring (bicyclic) bond motifs is 2. The van der Waals surface area contributed by atoms with Crippen LogP contribution in [-0.4, -0.2) is 37.8 Å². The average Bonchev–Trinajstić information content (AvgIpc) is 2.67. The lowest BCUT2D eigenvalue weighted by Gasteiger charge is -2.19. The summed E-state index contributed by atoms with van der Waals surface area (Å²) in [7, 11) is 0. The molecule has 0 amide bonds. The highest BCUT2D eigenvalue weighted by atomic mass is 16.6. The van der Waals surface area contributed by atoms with E-state index in [1.54, 1.807) is 18.2 Å². The van der Waals surface area contributed by atoms with Crippen LogP contribution in [0, 0.1) is 0 Å². The van der Waals surface area contributed by atoms with Crippen molar-refractivity contribution in [3.63, 3.8) is 0 Å². The zero-order valence-corrected chi connectivity index (χ0v) is 13.1. The Morgan fingerprint density at radius 2 is 1.42 bits per heavy atom. The Balaban J connectivity index is 0.000000141. The van der Waals surface area contributed by atoms with Gasteiger partial charge in [-0.3, -0.25) is 4.79 Å². The molecule has 2 aromatic rings. The Morgan fingerprint density at radius 1 is 0.833 bits per heavy atom. The molecule has 0 aromatic heterocycles. The van der Waals surface area contributed by atoms with Crippen LogP contribution in [0.25, 0.3) is 0 Å². The molecule has 126 valence electrons. The number of hydrogen-bond acceptors (Lipinski definition) is 6. The number of ether oxygens (including phenoxy) is 4. The van der Waals surface area contributed by atoms with Crippen molar-refractivity contribution < 1.29 is 28.8 Å². The van der Waals surface area contributed by atoms with E-state index in [9.17, 15) is 4.79 Å². The maximum Gasteiger partial charge on any atom is 0.171 e. The van der Waals surface area contributed by atoms with Crippen molar-refractivity contribution >= 4 is 6.29 Å². The predicted octanol–water partition coefficient (Wildman–Crippen LogP) is 2.22. The number of para-hydroxylation sites is 2. The molecule has 6 nitrogen and oxygen atoms in total. The first-order valence-corrected chi connectivity index (χ1v) is 7.65. The maximum absolute atomic E-state index is 10.5. The van der Waals surface area contributed by atoms with Crippen LogP contribution in [0.3, 0.4) is 0 Å². The third-order valence-electron chi connectivity index (χ3n) is 3.54. The summed E-state index contributed by atoms with van der Waals surface area (Å²) in [5.74, 6) is 2.64. The number of carbonyl (C=O) groups is 1. The van der Waals surface area contributed by atoms with Gasteiger partial charge in [-0.05, 0) is 18.2 Å². The Labute approximate surface area is 139 Å². The van der Waals surface area contributed by atoms with E-state index in [2.05, 4.69) is 0 Å². The lowest BCUT2D eigenvalue weighted by Crippen LogP contribution is -2.16. The van der Waals surface area contributed by atoms with E-state index >= 15 is 0 Å². The zero-order valence-electron chi connectivity index (χ0n) is 13.1. The molecule has 2 heterocycles. The number of aldehydes is 1. The number of aliphatic hydroxyl groups excluding tert-OH is 1. The monoisotopic (exact) mass is 330 g/mol. The van der Waals surface area contributed by atoms with Crippen molar-refractivity contribution in [3.8, 4) is 23.0 Å². The maximum atomic E-state index is 10.5. The highest BCUT2D eigenvalue weighted by Crippen LogP contribution is 2.33. The van der Waals surface area contributed by atoms with Crippen molar-refractivity contribution in [2.24, 2.45) is 0 Å². The fourth-order valence-corrected chi connectivity index (χ4v) is 2.45. The van der Waals surface area contributed by atoms with E-state index in [4.69, 9.17) is 24.1 Å². The molecule has 0 spiro atoms. The zero-order chi connectivity index (χ0) is 16.8. The Hall–Kier alpha value is -2.73. The van der Waals surface area contributed by atoms with E-state index in [0.29, 0.717) is 49.2 Å². The molecule has 0 atom stereocenters. The lowest BCUT2D eigenvalue weighted by atomic mass is 10.2. The standard InChI is InChI=1S/C9H10O3.C9H8O3/c2*10-6-7-2-1-3-8-9(7)12-5-4-11-8/h1-3,10H,4-6H2;1-3,6H,4-5H2. The van der Waals surface area contributed by atoms with E-state index in [-0.39, 0.29) is 6.61 Å². The van der Waals surface area contributed by atoms with Crippen molar-refractivity contribution in [3.05, 3.63) is 47.5 Å². The second kappa shape index (κ2) is 7.70. The molecule has 0 aliphatic carbocycles. The van der Waals surface area contributed by atoms with Crippen molar-refractivity contribution in [1.82, 2.24) is 0 Å². The summed E-state index contributed by atoms with van der Waals surface area (Å²) in [6.45, 7) is 2.20. The van der Waals surface area contributed by atoms with E-state index in [1.165, 1.54) is 0 Å². The first-order chi connectivity index (χ1) is 11.8. The molecule has 2 aromatic carbocycles. The van der Waals surface area contributed by atoms with Gasteiger partial charge in [0.15, 0.2) is 29.3 Å². The van der Waals surface area contributed by atoms with Gasteiger partial charge in [0.2, 0.25) is 0 Å². The molecule has 4 rings (SSSR count). The van der Waals surface area contributed by atoms with Gasteiger partial charge < -0.3 is 24.1 Å². The molecule has 6 heteroatoms. The summed E-state index contributed by atoms with van der Waals surface area (Å²) in [4.78, 5) is 10.5. The highest BCUT2D eigenvalue weighted by Gasteiger charge is 2.15.